The maximum Gasteiger partial charge on any atom is 0.270 e. The van der Waals surface area contributed by atoms with Crippen LogP contribution in [-0.4, -0.2) is 54.1 Å². The van der Waals surface area contributed by atoms with Crippen molar-refractivity contribution in [2.45, 2.75) is 65.0 Å². The minimum Gasteiger partial charge on any atom is -0.369 e. The van der Waals surface area contributed by atoms with Gasteiger partial charge in [-0.05, 0) is 62.1 Å². The number of aromatic nitrogens is 1. The van der Waals surface area contributed by atoms with Gasteiger partial charge in [0.05, 0.1) is 5.69 Å². The number of rotatable bonds is 4. The van der Waals surface area contributed by atoms with Crippen molar-refractivity contribution in [2.24, 2.45) is 11.3 Å². The zero-order valence-corrected chi connectivity index (χ0v) is 17.9. The number of anilines is 1. The standard InChI is InChI=1S/C23H33N5O/c1-23(2,3)16-8-11-28(15-16)18-9-12-27(13-10-18)21-7-6-19(26-20(21)14-24)22(29)25-17-4-5-17/h6-7,16-18H,4-5,8-13,15H2,1-3H3,(H,25,29). The van der Waals surface area contributed by atoms with Crippen molar-refractivity contribution in [3.63, 3.8) is 0 Å². The van der Waals surface area contributed by atoms with E-state index in [4.69, 9.17) is 0 Å². The Morgan fingerprint density at radius 2 is 1.86 bits per heavy atom. The molecule has 2 saturated heterocycles. The second-order valence-electron chi connectivity index (χ2n) is 9.99. The molecule has 1 N–H and O–H groups in total. The van der Waals surface area contributed by atoms with Crippen molar-refractivity contribution in [1.82, 2.24) is 15.2 Å². The molecule has 0 radical (unpaired) electrons. The normalized spacial score (nSPS) is 23.8. The molecule has 6 heteroatoms. The van der Waals surface area contributed by atoms with Gasteiger partial charge in [-0.25, -0.2) is 4.98 Å². The van der Waals surface area contributed by atoms with E-state index in [0.29, 0.717) is 22.8 Å². The average Bonchev–Trinajstić information content (AvgIpc) is 3.37. The lowest BCUT2D eigenvalue weighted by Crippen LogP contribution is -2.44. The molecule has 1 aromatic rings. The lowest BCUT2D eigenvalue weighted by atomic mass is 9.80. The Bertz CT molecular complexity index is 796. The van der Waals surface area contributed by atoms with E-state index in [1.165, 1.54) is 19.5 Å². The topological polar surface area (TPSA) is 72.3 Å². The number of carbonyl (C=O) groups is 1. The van der Waals surface area contributed by atoms with Crippen LogP contribution in [0.1, 0.15) is 69.1 Å². The first-order valence-electron chi connectivity index (χ1n) is 11.1. The molecule has 1 saturated carbocycles. The number of likely N-dealkylation sites (tertiary alicyclic amines) is 1. The Balaban J connectivity index is 1.37. The van der Waals surface area contributed by atoms with E-state index in [0.717, 1.165) is 50.4 Å². The van der Waals surface area contributed by atoms with Gasteiger partial charge < -0.3 is 10.2 Å². The van der Waals surface area contributed by atoms with Crippen molar-refractivity contribution in [1.29, 1.82) is 5.26 Å². The van der Waals surface area contributed by atoms with Gasteiger partial charge in [0.25, 0.3) is 5.91 Å². The van der Waals surface area contributed by atoms with Crippen LogP contribution in [0.25, 0.3) is 0 Å². The number of carbonyl (C=O) groups excluding carboxylic acids is 1. The van der Waals surface area contributed by atoms with E-state index in [1.807, 2.05) is 6.07 Å². The third kappa shape index (κ3) is 4.56. The fourth-order valence-electron chi connectivity index (χ4n) is 4.70. The molecule has 0 bridgehead atoms. The summed E-state index contributed by atoms with van der Waals surface area (Å²) in [6.07, 6.45) is 5.61. The minimum absolute atomic E-state index is 0.170. The van der Waals surface area contributed by atoms with Gasteiger partial charge in [0.1, 0.15) is 11.8 Å². The number of nitrogens with one attached hydrogen (secondary N) is 1. The van der Waals surface area contributed by atoms with Crippen LogP contribution in [0.2, 0.25) is 0 Å². The molecule has 0 spiro atoms. The van der Waals surface area contributed by atoms with Gasteiger partial charge in [-0.2, -0.15) is 5.26 Å². The molecule has 1 atom stereocenters. The maximum atomic E-state index is 12.2. The van der Waals surface area contributed by atoms with Crippen molar-refractivity contribution < 1.29 is 4.79 Å². The number of piperidine rings is 1. The van der Waals surface area contributed by atoms with Gasteiger partial charge in [0.15, 0.2) is 5.69 Å². The summed E-state index contributed by atoms with van der Waals surface area (Å²) < 4.78 is 0. The van der Waals surface area contributed by atoms with Crippen LogP contribution in [0.15, 0.2) is 12.1 Å². The van der Waals surface area contributed by atoms with Crippen LogP contribution in [0.4, 0.5) is 5.69 Å². The number of hydrogen-bond acceptors (Lipinski definition) is 5. The molecule has 4 rings (SSSR count). The van der Waals surface area contributed by atoms with E-state index >= 15 is 0 Å². The Labute approximate surface area is 174 Å². The summed E-state index contributed by atoms with van der Waals surface area (Å²) in [4.78, 5) is 21.5. The summed E-state index contributed by atoms with van der Waals surface area (Å²) in [6.45, 7) is 11.4. The Morgan fingerprint density at radius 3 is 2.45 bits per heavy atom. The Morgan fingerprint density at radius 1 is 1.14 bits per heavy atom. The number of nitriles is 1. The van der Waals surface area contributed by atoms with Gasteiger partial charge >= 0.3 is 0 Å². The number of nitrogens with zero attached hydrogens (tertiary/aromatic N) is 4. The van der Waals surface area contributed by atoms with Crippen molar-refractivity contribution in [3.05, 3.63) is 23.5 Å². The van der Waals surface area contributed by atoms with Gasteiger partial charge in [-0.15, -0.1) is 0 Å². The highest BCUT2D eigenvalue weighted by atomic mass is 16.2. The summed E-state index contributed by atoms with van der Waals surface area (Å²) in [7, 11) is 0. The quantitative estimate of drug-likeness (QED) is 0.848. The summed E-state index contributed by atoms with van der Waals surface area (Å²) in [6, 6.07) is 6.79. The van der Waals surface area contributed by atoms with Crippen LogP contribution >= 0.6 is 0 Å². The van der Waals surface area contributed by atoms with E-state index in [1.54, 1.807) is 6.07 Å². The van der Waals surface area contributed by atoms with Crippen LogP contribution in [-0.2, 0) is 0 Å². The molecule has 3 aliphatic rings. The first-order chi connectivity index (χ1) is 13.8. The predicted molar refractivity (Wildman–Crippen MR) is 114 cm³/mol. The highest BCUT2D eigenvalue weighted by molar-refractivity contribution is 5.93. The molecule has 3 heterocycles. The largest absolute Gasteiger partial charge is 0.369 e. The predicted octanol–water partition coefficient (Wildman–Crippen LogP) is 3.18. The molecule has 156 valence electrons. The van der Waals surface area contributed by atoms with Crippen LogP contribution in [0, 0.1) is 22.7 Å². The molecular weight excluding hydrogens is 362 g/mol. The highest BCUT2D eigenvalue weighted by Gasteiger charge is 2.36. The first-order valence-corrected chi connectivity index (χ1v) is 11.1. The molecule has 6 nitrogen and oxygen atoms in total. The van der Waals surface area contributed by atoms with E-state index < -0.39 is 0 Å². The van der Waals surface area contributed by atoms with Crippen LogP contribution in [0.3, 0.4) is 0 Å². The summed E-state index contributed by atoms with van der Waals surface area (Å²) >= 11 is 0. The minimum atomic E-state index is -0.170. The molecule has 0 aromatic carbocycles. The monoisotopic (exact) mass is 395 g/mol. The van der Waals surface area contributed by atoms with Crippen LogP contribution < -0.4 is 10.2 Å². The molecule has 29 heavy (non-hydrogen) atoms. The highest BCUT2D eigenvalue weighted by Crippen LogP contribution is 2.36. The number of hydrogen-bond donors (Lipinski definition) is 1. The van der Waals surface area contributed by atoms with Gasteiger partial charge in [-0.3, -0.25) is 9.69 Å². The lowest BCUT2D eigenvalue weighted by Gasteiger charge is -2.38. The van der Waals surface area contributed by atoms with Crippen molar-refractivity contribution >= 4 is 11.6 Å². The van der Waals surface area contributed by atoms with Gasteiger partial charge in [-0.1, -0.05) is 20.8 Å². The van der Waals surface area contributed by atoms with Crippen molar-refractivity contribution in [2.75, 3.05) is 31.1 Å². The third-order valence-electron chi connectivity index (χ3n) is 6.89. The maximum absolute atomic E-state index is 12.2. The molecule has 1 unspecified atom stereocenters. The SMILES string of the molecule is CC(C)(C)C1CCN(C2CCN(c3ccc(C(=O)NC4CC4)nc3C#N)CC2)C1. The second-order valence-corrected chi connectivity index (χ2v) is 9.99. The summed E-state index contributed by atoms with van der Waals surface area (Å²) in [5, 5.41) is 12.5. The molecule has 2 aliphatic heterocycles. The van der Waals surface area contributed by atoms with Crippen molar-refractivity contribution in [3.8, 4) is 6.07 Å². The smallest absolute Gasteiger partial charge is 0.270 e. The zero-order valence-electron chi connectivity index (χ0n) is 17.9. The average molecular weight is 396 g/mol. The van der Waals surface area contributed by atoms with E-state index in [9.17, 15) is 10.1 Å². The van der Waals surface area contributed by atoms with Crippen LogP contribution in [0.5, 0.6) is 0 Å². The number of pyridine rings is 1. The summed E-state index contributed by atoms with van der Waals surface area (Å²) in [5.74, 6) is 0.612. The fraction of sp³-hybridized carbons (Fsp3) is 0.696. The molecule has 1 aliphatic carbocycles. The molecule has 3 fully saturated rings. The Hall–Kier alpha value is -2.13. The third-order valence-corrected chi connectivity index (χ3v) is 6.89. The molecular formula is C23H33N5O. The number of amides is 1. The molecule has 1 aromatic heterocycles. The Kier molecular flexibility index (Phi) is 5.52. The summed E-state index contributed by atoms with van der Waals surface area (Å²) in [5.41, 5.74) is 1.96. The zero-order chi connectivity index (χ0) is 20.6. The van der Waals surface area contributed by atoms with E-state index in [-0.39, 0.29) is 11.9 Å². The second kappa shape index (κ2) is 7.95. The van der Waals surface area contributed by atoms with Gasteiger partial charge in [0, 0.05) is 31.7 Å². The molecule has 1 amide bonds. The lowest BCUT2D eigenvalue weighted by molar-refractivity contribution is 0.0946. The fourth-order valence-corrected chi connectivity index (χ4v) is 4.70. The van der Waals surface area contributed by atoms with Gasteiger partial charge in [0.2, 0.25) is 0 Å². The van der Waals surface area contributed by atoms with E-state index in [2.05, 4.69) is 46.9 Å². The first kappa shape index (κ1) is 20.2.